The highest BCUT2D eigenvalue weighted by Gasteiger charge is 2.45. The van der Waals surface area contributed by atoms with E-state index >= 15 is 0 Å². The highest BCUT2D eigenvalue weighted by atomic mass is 16.5. The number of benzene rings is 3. The summed E-state index contributed by atoms with van der Waals surface area (Å²) in [6.07, 6.45) is 2.58. The van der Waals surface area contributed by atoms with E-state index in [-0.39, 0.29) is 37.6 Å². The predicted molar refractivity (Wildman–Crippen MR) is 141 cm³/mol. The number of carbonyl (C=O) groups is 3. The lowest BCUT2D eigenvalue weighted by Crippen LogP contribution is -2.49. The summed E-state index contributed by atoms with van der Waals surface area (Å²) in [4.78, 5) is 44.5. The number of fused-ring (bicyclic) bond motifs is 4. The van der Waals surface area contributed by atoms with Gasteiger partial charge in [-0.25, -0.2) is 4.79 Å². The number of rotatable bonds is 6. The molecule has 3 aromatic carbocycles. The van der Waals surface area contributed by atoms with E-state index in [0.717, 1.165) is 16.7 Å². The van der Waals surface area contributed by atoms with E-state index in [0.29, 0.717) is 12.0 Å². The van der Waals surface area contributed by atoms with Crippen LogP contribution in [0.15, 0.2) is 103 Å². The van der Waals surface area contributed by atoms with Crippen LogP contribution in [0.5, 0.6) is 0 Å². The van der Waals surface area contributed by atoms with Crippen molar-refractivity contribution in [3.05, 3.63) is 119 Å². The lowest BCUT2D eigenvalue weighted by molar-refractivity contribution is -0.147. The monoisotopic (exact) mass is 494 g/mol. The van der Waals surface area contributed by atoms with Gasteiger partial charge >= 0.3 is 5.97 Å². The van der Waals surface area contributed by atoms with Crippen LogP contribution in [0.1, 0.15) is 40.7 Å². The van der Waals surface area contributed by atoms with Crippen LogP contribution in [-0.2, 0) is 14.3 Å². The van der Waals surface area contributed by atoms with Crippen molar-refractivity contribution >= 4 is 17.8 Å². The summed E-state index contributed by atoms with van der Waals surface area (Å²) in [5.41, 5.74) is 3.05. The van der Waals surface area contributed by atoms with Gasteiger partial charge in [0.25, 0.3) is 5.91 Å². The standard InChI is InChI=1S/C31H30N2O4/c1-2-37-31(36)28-25-18-19-26(21-33(28)29(34)24-16-10-5-11-17-24)32(20-25)30(35)27(22-12-6-3-7-13-22)23-14-8-4-9-15-23/h3-18,26-28H,2,19-21H2,1H3/t26-,28+/m0/s1. The summed E-state index contributed by atoms with van der Waals surface area (Å²) in [7, 11) is 0. The fourth-order valence-corrected chi connectivity index (χ4v) is 5.35. The molecule has 6 heteroatoms. The van der Waals surface area contributed by atoms with Crippen molar-refractivity contribution in [2.24, 2.45) is 0 Å². The van der Waals surface area contributed by atoms with Gasteiger partial charge in [0, 0.05) is 18.7 Å². The Hall–Kier alpha value is -4.19. The van der Waals surface area contributed by atoms with Gasteiger partial charge in [0.15, 0.2) is 6.04 Å². The van der Waals surface area contributed by atoms with Crippen LogP contribution in [0.3, 0.4) is 0 Å². The number of hydrogen-bond acceptors (Lipinski definition) is 4. The summed E-state index contributed by atoms with van der Waals surface area (Å²) < 4.78 is 5.41. The molecule has 1 saturated heterocycles. The van der Waals surface area contributed by atoms with Crippen LogP contribution >= 0.6 is 0 Å². The maximum atomic E-state index is 14.3. The van der Waals surface area contributed by atoms with Crippen molar-refractivity contribution in [2.75, 3.05) is 19.7 Å². The zero-order valence-corrected chi connectivity index (χ0v) is 20.8. The Morgan fingerprint density at radius 3 is 1.97 bits per heavy atom. The Labute approximate surface area is 217 Å². The first kappa shape index (κ1) is 24.5. The molecule has 1 fully saturated rings. The van der Waals surface area contributed by atoms with Crippen molar-refractivity contribution in [2.45, 2.75) is 31.3 Å². The molecular weight excluding hydrogens is 464 g/mol. The molecule has 0 saturated carbocycles. The fraction of sp³-hybridized carbons (Fsp3) is 0.258. The van der Waals surface area contributed by atoms with E-state index in [1.54, 1.807) is 36.1 Å². The minimum atomic E-state index is -0.859. The number of nitrogens with zero attached hydrogens (tertiary/aromatic N) is 2. The van der Waals surface area contributed by atoms with Crippen molar-refractivity contribution in [3.8, 4) is 0 Å². The maximum Gasteiger partial charge on any atom is 0.333 e. The largest absolute Gasteiger partial charge is 0.464 e. The summed E-state index contributed by atoms with van der Waals surface area (Å²) in [6, 6.07) is 27.3. The van der Waals surface area contributed by atoms with Gasteiger partial charge in [-0.2, -0.15) is 0 Å². The van der Waals surface area contributed by atoms with Gasteiger partial charge in [-0.1, -0.05) is 84.9 Å². The highest BCUT2D eigenvalue weighted by Crippen LogP contribution is 2.34. The molecule has 6 nitrogen and oxygen atoms in total. The van der Waals surface area contributed by atoms with Crippen LogP contribution in [-0.4, -0.2) is 59.4 Å². The molecule has 0 aromatic heterocycles. The van der Waals surface area contributed by atoms with E-state index in [9.17, 15) is 14.4 Å². The molecule has 2 atom stereocenters. The van der Waals surface area contributed by atoms with Gasteiger partial charge in [-0.3, -0.25) is 9.59 Å². The highest BCUT2D eigenvalue weighted by molar-refractivity contribution is 5.98. The molecular formula is C31H30N2O4. The van der Waals surface area contributed by atoms with Crippen LogP contribution in [0, 0.1) is 0 Å². The normalized spacial score (nSPS) is 18.8. The van der Waals surface area contributed by atoms with Gasteiger partial charge in [0.2, 0.25) is 5.91 Å². The Morgan fingerprint density at radius 1 is 0.838 bits per heavy atom. The Kier molecular flexibility index (Phi) is 7.17. The van der Waals surface area contributed by atoms with Gasteiger partial charge in [0.1, 0.15) is 0 Å². The number of esters is 1. The third-order valence-corrected chi connectivity index (χ3v) is 7.10. The molecule has 6 rings (SSSR count). The third-order valence-electron chi connectivity index (χ3n) is 7.10. The predicted octanol–water partition coefficient (Wildman–Crippen LogP) is 4.43. The van der Waals surface area contributed by atoms with E-state index in [1.165, 1.54) is 0 Å². The van der Waals surface area contributed by atoms with E-state index in [4.69, 9.17) is 4.74 Å². The zero-order chi connectivity index (χ0) is 25.8. The quantitative estimate of drug-likeness (QED) is 0.376. The van der Waals surface area contributed by atoms with Crippen LogP contribution in [0.25, 0.3) is 0 Å². The average molecular weight is 495 g/mol. The first-order valence-corrected chi connectivity index (χ1v) is 12.7. The lowest BCUT2D eigenvalue weighted by Gasteiger charge is -2.35. The number of hydrogen-bond donors (Lipinski definition) is 0. The Balaban J connectivity index is 1.52. The molecule has 0 N–H and O–H groups in total. The second-order valence-corrected chi connectivity index (χ2v) is 9.37. The summed E-state index contributed by atoms with van der Waals surface area (Å²) >= 11 is 0. The molecule has 3 aromatic rings. The maximum absolute atomic E-state index is 14.3. The second-order valence-electron chi connectivity index (χ2n) is 9.37. The van der Waals surface area contributed by atoms with Crippen molar-refractivity contribution in [1.29, 1.82) is 0 Å². The van der Waals surface area contributed by atoms with Gasteiger partial charge in [-0.05, 0) is 42.2 Å². The van der Waals surface area contributed by atoms with Crippen LogP contribution in [0.2, 0.25) is 0 Å². The Bertz CT molecular complexity index is 1250. The molecule has 0 radical (unpaired) electrons. The van der Waals surface area contributed by atoms with Gasteiger partial charge < -0.3 is 14.5 Å². The molecule has 0 unspecified atom stereocenters. The smallest absolute Gasteiger partial charge is 0.333 e. The summed E-state index contributed by atoms with van der Waals surface area (Å²) in [5, 5.41) is 0. The number of carbonyl (C=O) groups excluding carboxylic acids is 3. The molecule has 0 aliphatic carbocycles. The number of ether oxygens (including phenoxy) is 1. The SMILES string of the molecule is CCOC(=O)[C@H]1C2=CC[C@@H](CN1C(=O)c1ccccc1)N(C(=O)C(c1ccccc1)c1ccccc1)C2. The fourth-order valence-electron chi connectivity index (χ4n) is 5.35. The van der Waals surface area contributed by atoms with Crippen LogP contribution < -0.4 is 0 Å². The van der Waals surface area contributed by atoms with Crippen molar-refractivity contribution in [3.63, 3.8) is 0 Å². The van der Waals surface area contributed by atoms with E-state index < -0.39 is 17.9 Å². The van der Waals surface area contributed by atoms with Crippen molar-refractivity contribution in [1.82, 2.24) is 9.80 Å². The lowest BCUT2D eigenvalue weighted by atomic mass is 9.88. The Morgan fingerprint density at radius 2 is 1.41 bits per heavy atom. The van der Waals surface area contributed by atoms with Gasteiger partial charge in [-0.15, -0.1) is 0 Å². The first-order valence-electron chi connectivity index (χ1n) is 12.7. The molecule has 0 spiro atoms. The third kappa shape index (κ3) is 4.92. The molecule has 188 valence electrons. The summed E-state index contributed by atoms with van der Waals surface area (Å²) in [6.45, 7) is 2.50. The average Bonchev–Trinajstić information content (AvgIpc) is 3.23. The summed E-state index contributed by atoms with van der Waals surface area (Å²) in [5.74, 6) is -1.23. The van der Waals surface area contributed by atoms with Crippen molar-refractivity contribution < 1.29 is 19.1 Å². The molecule has 2 bridgehead atoms. The topological polar surface area (TPSA) is 66.9 Å². The van der Waals surface area contributed by atoms with Gasteiger partial charge in [0.05, 0.1) is 18.6 Å². The molecule has 2 amide bonds. The first-order chi connectivity index (χ1) is 18.1. The minimum absolute atomic E-state index is 0.0374. The molecule has 3 aliphatic rings. The molecule has 3 heterocycles. The second kappa shape index (κ2) is 10.8. The van der Waals surface area contributed by atoms with E-state index in [2.05, 4.69) is 0 Å². The molecule has 3 aliphatic heterocycles. The van der Waals surface area contributed by atoms with Crippen LogP contribution in [0.4, 0.5) is 0 Å². The zero-order valence-electron chi connectivity index (χ0n) is 20.8. The minimum Gasteiger partial charge on any atom is -0.464 e. The molecule has 37 heavy (non-hydrogen) atoms. The van der Waals surface area contributed by atoms with E-state index in [1.807, 2.05) is 77.7 Å². The number of amides is 2.